The van der Waals surface area contributed by atoms with Crippen molar-refractivity contribution < 1.29 is 9.84 Å². The number of aromatic nitrogens is 2. The SMILES string of the molecule is Nc1ccnc(CCOc2cccc(O)c2)n1. The number of phenols is 1. The van der Waals surface area contributed by atoms with Gasteiger partial charge in [-0.05, 0) is 18.2 Å². The molecule has 2 aromatic rings. The van der Waals surface area contributed by atoms with Crippen LogP contribution >= 0.6 is 0 Å². The smallest absolute Gasteiger partial charge is 0.134 e. The summed E-state index contributed by atoms with van der Waals surface area (Å²) in [6.07, 6.45) is 2.19. The van der Waals surface area contributed by atoms with Crippen LogP contribution in [0.3, 0.4) is 0 Å². The third kappa shape index (κ3) is 3.34. The number of benzene rings is 1. The molecule has 0 aliphatic carbocycles. The minimum atomic E-state index is 0.183. The zero-order valence-electron chi connectivity index (χ0n) is 9.21. The molecule has 5 heteroatoms. The predicted molar refractivity (Wildman–Crippen MR) is 63.8 cm³/mol. The summed E-state index contributed by atoms with van der Waals surface area (Å²) in [7, 11) is 0. The van der Waals surface area contributed by atoms with Crippen molar-refractivity contribution in [2.75, 3.05) is 12.3 Å². The van der Waals surface area contributed by atoms with Crippen LogP contribution in [0, 0.1) is 0 Å². The van der Waals surface area contributed by atoms with Gasteiger partial charge in [-0.1, -0.05) is 6.07 Å². The first kappa shape index (κ1) is 11.2. The van der Waals surface area contributed by atoms with Gasteiger partial charge < -0.3 is 15.6 Å². The van der Waals surface area contributed by atoms with Gasteiger partial charge in [0.15, 0.2) is 0 Å². The lowest BCUT2D eigenvalue weighted by Crippen LogP contribution is -2.06. The number of hydrogen-bond acceptors (Lipinski definition) is 5. The van der Waals surface area contributed by atoms with Crippen LogP contribution in [-0.4, -0.2) is 21.7 Å². The van der Waals surface area contributed by atoms with E-state index in [1.54, 1.807) is 36.5 Å². The average Bonchev–Trinajstić information content (AvgIpc) is 2.29. The van der Waals surface area contributed by atoms with Crippen LogP contribution < -0.4 is 10.5 Å². The normalized spacial score (nSPS) is 10.1. The van der Waals surface area contributed by atoms with Crippen molar-refractivity contribution in [3.63, 3.8) is 0 Å². The van der Waals surface area contributed by atoms with Gasteiger partial charge in [0.05, 0.1) is 6.61 Å². The molecule has 0 saturated heterocycles. The molecule has 0 aliphatic rings. The lowest BCUT2D eigenvalue weighted by molar-refractivity contribution is 0.317. The van der Waals surface area contributed by atoms with Crippen LogP contribution in [0.15, 0.2) is 36.5 Å². The number of nitrogens with two attached hydrogens (primary N) is 1. The Kier molecular flexibility index (Phi) is 3.40. The fourth-order valence-corrected chi connectivity index (χ4v) is 1.37. The summed E-state index contributed by atoms with van der Waals surface area (Å²) in [5.74, 6) is 1.90. The van der Waals surface area contributed by atoms with Gasteiger partial charge in [0.2, 0.25) is 0 Å². The lowest BCUT2D eigenvalue weighted by atomic mass is 10.3. The molecule has 0 aliphatic heterocycles. The quantitative estimate of drug-likeness (QED) is 0.830. The second-order valence-corrected chi connectivity index (χ2v) is 3.49. The Balaban J connectivity index is 1.87. The maximum atomic E-state index is 9.24. The lowest BCUT2D eigenvalue weighted by Gasteiger charge is -2.05. The van der Waals surface area contributed by atoms with Gasteiger partial charge in [0.1, 0.15) is 23.1 Å². The average molecular weight is 231 g/mol. The molecule has 0 amide bonds. The van der Waals surface area contributed by atoms with Crippen molar-refractivity contribution in [1.29, 1.82) is 0 Å². The number of nitrogens with zero attached hydrogens (tertiary/aromatic N) is 2. The van der Waals surface area contributed by atoms with E-state index in [4.69, 9.17) is 10.5 Å². The van der Waals surface area contributed by atoms with Gasteiger partial charge in [-0.25, -0.2) is 9.97 Å². The number of phenolic OH excluding ortho intramolecular Hbond substituents is 1. The molecular formula is C12H13N3O2. The van der Waals surface area contributed by atoms with Crippen LogP contribution in [0.25, 0.3) is 0 Å². The van der Waals surface area contributed by atoms with E-state index < -0.39 is 0 Å². The molecule has 5 nitrogen and oxygen atoms in total. The summed E-state index contributed by atoms with van der Waals surface area (Å²) in [6, 6.07) is 8.29. The van der Waals surface area contributed by atoms with Crippen LogP contribution in [-0.2, 0) is 6.42 Å². The minimum absolute atomic E-state index is 0.183. The largest absolute Gasteiger partial charge is 0.508 e. The molecule has 0 fully saturated rings. The standard InChI is InChI=1S/C12H13N3O2/c13-11-4-6-14-12(15-11)5-7-17-10-3-1-2-9(16)8-10/h1-4,6,8,16H,5,7H2,(H2,13,14,15). The van der Waals surface area contributed by atoms with Crippen molar-refractivity contribution in [3.8, 4) is 11.5 Å². The Morgan fingerprint density at radius 1 is 1.29 bits per heavy atom. The zero-order valence-corrected chi connectivity index (χ0v) is 9.21. The topological polar surface area (TPSA) is 81.3 Å². The highest BCUT2D eigenvalue weighted by Gasteiger charge is 1.99. The molecule has 0 spiro atoms. The van der Waals surface area contributed by atoms with E-state index in [1.165, 1.54) is 0 Å². The molecule has 2 rings (SSSR count). The van der Waals surface area contributed by atoms with Crippen LogP contribution in [0.1, 0.15) is 5.82 Å². The van der Waals surface area contributed by atoms with E-state index in [9.17, 15) is 5.11 Å². The molecule has 0 atom stereocenters. The Hall–Kier alpha value is -2.30. The molecule has 3 N–H and O–H groups in total. The van der Waals surface area contributed by atoms with E-state index in [0.717, 1.165) is 0 Å². The Morgan fingerprint density at radius 3 is 2.94 bits per heavy atom. The van der Waals surface area contributed by atoms with Crippen molar-refractivity contribution in [1.82, 2.24) is 9.97 Å². The third-order valence-corrected chi connectivity index (χ3v) is 2.14. The molecule has 0 bridgehead atoms. The summed E-state index contributed by atoms with van der Waals surface area (Å²) in [4.78, 5) is 8.13. The predicted octanol–water partition coefficient (Wildman–Crippen LogP) is 1.39. The second-order valence-electron chi connectivity index (χ2n) is 3.49. The van der Waals surface area contributed by atoms with Gasteiger partial charge in [0, 0.05) is 18.7 Å². The van der Waals surface area contributed by atoms with E-state index >= 15 is 0 Å². The van der Waals surface area contributed by atoms with Gasteiger partial charge in [-0.15, -0.1) is 0 Å². The first-order valence-corrected chi connectivity index (χ1v) is 5.23. The third-order valence-electron chi connectivity index (χ3n) is 2.14. The highest BCUT2D eigenvalue weighted by atomic mass is 16.5. The van der Waals surface area contributed by atoms with Gasteiger partial charge >= 0.3 is 0 Å². The van der Waals surface area contributed by atoms with Gasteiger partial charge in [-0.2, -0.15) is 0 Å². The molecule has 0 unspecified atom stereocenters. The molecule has 0 radical (unpaired) electrons. The highest BCUT2D eigenvalue weighted by Crippen LogP contribution is 2.17. The Morgan fingerprint density at radius 2 is 2.18 bits per heavy atom. The highest BCUT2D eigenvalue weighted by molar-refractivity contribution is 5.31. The number of ether oxygens (including phenoxy) is 1. The van der Waals surface area contributed by atoms with Crippen molar-refractivity contribution in [3.05, 3.63) is 42.4 Å². The molecule has 1 aromatic heterocycles. The molecule has 88 valence electrons. The first-order chi connectivity index (χ1) is 8.24. The molecule has 0 saturated carbocycles. The summed E-state index contributed by atoms with van der Waals surface area (Å²) in [6.45, 7) is 0.437. The summed E-state index contributed by atoms with van der Waals surface area (Å²) in [5.41, 5.74) is 5.54. The fraction of sp³-hybridized carbons (Fsp3) is 0.167. The van der Waals surface area contributed by atoms with E-state index in [1.807, 2.05) is 0 Å². The number of anilines is 1. The summed E-state index contributed by atoms with van der Waals surface area (Å²) >= 11 is 0. The maximum Gasteiger partial charge on any atom is 0.134 e. The van der Waals surface area contributed by atoms with E-state index in [0.29, 0.717) is 30.4 Å². The number of aromatic hydroxyl groups is 1. The number of hydrogen-bond donors (Lipinski definition) is 2. The van der Waals surface area contributed by atoms with Crippen molar-refractivity contribution in [2.24, 2.45) is 0 Å². The number of nitrogen functional groups attached to an aromatic ring is 1. The monoisotopic (exact) mass is 231 g/mol. The van der Waals surface area contributed by atoms with Gasteiger partial charge in [-0.3, -0.25) is 0 Å². The summed E-state index contributed by atoms with van der Waals surface area (Å²) < 4.78 is 5.45. The van der Waals surface area contributed by atoms with Gasteiger partial charge in [0.25, 0.3) is 0 Å². The molecule has 1 heterocycles. The van der Waals surface area contributed by atoms with Crippen molar-refractivity contribution in [2.45, 2.75) is 6.42 Å². The van der Waals surface area contributed by atoms with E-state index in [2.05, 4.69) is 9.97 Å². The fourth-order valence-electron chi connectivity index (χ4n) is 1.37. The molecule has 17 heavy (non-hydrogen) atoms. The molecular weight excluding hydrogens is 218 g/mol. The minimum Gasteiger partial charge on any atom is -0.508 e. The molecule has 1 aromatic carbocycles. The Bertz CT molecular complexity index is 457. The number of rotatable bonds is 4. The second kappa shape index (κ2) is 5.16. The maximum absolute atomic E-state index is 9.24. The van der Waals surface area contributed by atoms with Crippen LogP contribution in [0.2, 0.25) is 0 Å². The van der Waals surface area contributed by atoms with Crippen LogP contribution in [0.4, 0.5) is 5.82 Å². The summed E-state index contributed by atoms with van der Waals surface area (Å²) in [5, 5.41) is 9.24. The zero-order chi connectivity index (χ0) is 12.1. The first-order valence-electron chi connectivity index (χ1n) is 5.23. The Labute approximate surface area is 98.9 Å². The van der Waals surface area contributed by atoms with Crippen LogP contribution in [0.5, 0.6) is 11.5 Å². The van der Waals surface area contributed by atoms with Crippen molar-refractivity contribution >= 4 is 5.82 Å². The van der Waals surface area contributed by atoms with E-state index in [-0.39, 0.29) is 5.75 Å².